The fourth-order valence-corrected chi connectivity index (χ4v) is 3.01. The van der Waals surface area contributed by atoms with Crippen molar-refractivity contribution in [1.29, 1.82) is 0 Å². The summed E-state index contributed by atoms with van der Waals surface area (Å²) < 4.78 is 0. The molecule has 1 fully saturated rings. The molecule has 2 unspecified atom stereocenters. The molecule has 2 aliphatic rings. The normalized spacial score (nSPS) is 30.1. The molecular formula is C14H16. The Bertz CT molecular complexity index is 348. The molecule has 2 aliphatic carbocycles. The number of rotatable bonds is 1. The van der Waals surface area contributed by atoms with Gasteiger partial charge in [0, 0.05) is 0 Å². The van der Waals surface area contributed by atoms with E-state index in [-0.39, 0.29) is 0 Å². The molecule has 0 nitrogen and oxygen atoms in total. The Kier molecular flexibility index (Phi) is 1.93. The van der Waals surface area contributed by atoms with Gasteiger partial charge in [-0.3, -0.25) is 0 Å². The van der Waals surface area contributed by atoms with Crippen LogP contribution in [0.1, 0.15) is 31.2 Å². The van der Waals surface area contributed by atoms with E-state index in [0.717, 1.165) is 11.8 Å². The average molecular weight is 184 g/mol. The van der Waals surface area contributed by atoms with Crippen LogP contribution in [0.25, 0.3) is 5.57 Å². The topological polar surface area (TPSA) is 0 Å². The summed E-state index contributed by atoms with van der Waals surface area (Å²) in [4.78, 5) is 0. The standard InChI is InChI=1S/C14H16/c1-2-5-11(6-3-1)14-9-12-7-4-8-13(12)10-14/h1-3,5-6,9,12-13H,4,7-8,10H2. The zero-order valence-corrected chi connectivity index (χ0v) is 8.45. The van der Waals surface area contributed by atoms with Crippen LogP contribution in [0.3, 0.4) is 0 Å². The Labute approximate surface area is 85.6 Å². The van der Waals surface area contributed by atoms with Crippen molar-refractivity contribution in [2.75, 3.05) is 0 Å². The minimum Gasteiger partial charge on any atom is -0.0773 e. The largest absolute Gasteiger partial charge is 0.0773 e. The van der Waals surface area contributed by atoms with E-state index >= 15 is 0 Å². The highest BCUT2D eigenvalue weighted by Gasteiger charge is 2.31. The molecule has 0 spiro atoms. The van der Waals surface area contributed by atoms with Crippen molar-refractivity contribution in [2.45, 2.75) is 25.7 Å². The zero-order chi connectivity index (χ0) is 9.38. The van der Waals surface area contributed by atoms with E-state index in [4.69, 9.17) is 0 Å². The molecule has 3 rings (SSSR count). The predicted molar refractivity (Wildman–Crippen MR) is 59.9 cm³/mol. The maximum absolute atomic E-state index is 2.53. The SMILES string of the molecule is C1=C(c2ccccc2)CC2CCCC12. The third kappa shape index (κ3) is 1.30. The molecule has 0 heterocycles. The van der Waals surface area contributed by atoms with Gasteiger partial charge >= 0.3 is 0 Å². The Hall–Kier alpha value is -1.04. The fourth-order valence-electron chi connectivity index (χ4n) is 3.01. The minimum absolute atomic E-state index is 0.908. The summed E-state index contributed by atoms with van der Waals surface area (Å²) >= 11 is 0. The number of benzene rings is 1. The molecule has 1 aromatic rings. The van der Waals surface area contributed by atoms with Crippen molar-refractivity contribution in [3.63, 3.8) is 0 Å². The summed E-state index contributed by atoms with van der Waals surface area (Å²) in [7, 11) is 0. The molecule has 0 aliphatic heterocycles. The Morgan fingerprint density at radius 3 is 2.64 bits per heavy atom. The van der Waals surface area contributed by atoms with Crippen molar-refractivity contribution < 1.29 is 0 Å². The molecule has 0 heteroatoms. The summed E-state index contributed by atoms with van der Waals surface area (Å²) in [5.74, 6) is 1.88. The van der Waals surface area contributed by atoms with E-state index in [9.17, 15) is 0 Å². The molecule has 0 amide bonds. The third-order valence-corrected chi connectivity index (χ3v) is 3.76. The van der Waals surface area contributed by atoms with Gasteiger partial charge in [0.05, 0.1) is 0 Å². The van der Waals surface area contributed by atoms with Crippen LogP contribution in [0.15, 0.2) is 36.4 Å². The van der Waals surface area contributed by atoms with Crippen LogP contribution in [-0.2, 0) is 0 Å². The van der Waals surface area contributed by atoms with E-state index in [1.807, 2.05) is 0 Å². The summed E-state index contributed by atoms with van der Waals surface area (Å²) in [6.07, 6.45) is 8.20. The van der Waals surface area contributed by atoms with Gasteiger partial charge in [0.25, 0.3) is 0 Å². The monoisotopic (exact) mass is 184 g/mol. The van der Waals surface area contributed by atoms with Crippen LogP contribution in [0.5, 0.6) is 0 Å². The predicted octanol–water partition coefficient (Wildman–Crippen LogP) is 3.89. The van der Waals surface area contributed by atoms with Crippen LogP contribution >= 0.6 is 0 Å². The summed E-state index contributed by atoms with van der Waals surface area (Å²) in [5, 5.41) is 0. The van der Waals surface area contributed by atoms with Crippen molar-refractivity contribution in [3.05, 3.63) is 42.0 Å². The van der Waals surface area contributed by atoms with Crippen molar-refractivity contribution in [3.8, 4) is 0 Å². The molecule has 0 N–H and O–H groups in total. The van der Waals surface area contributed by atoms with E-state index in [2.05, 4.69) is 36.4 Å². The van der Waals surface area contributed by atoms with Gasteiger partial charge in [-0.25, -0.2) is 0 Å². The van der Waals surface area contributed by atoms with Crippen LogP contribution in [0, 0.1) is 11.8 Å². The number of hydrogen-bond donors (Lipinski definition) is 0. The van der Waals surface area contributed by atoms with Gasteiger partial charge in [0.15, 0.2) is 0 Å². The number of hydrogen-bond acceptors (Lipinski definition) is 0. The summed E-state index contributed by atoms with van der Waals surface area (Å²) in [6.45, 7) is 0. The van der Waals surface area contributed by atoms with Gasteiger partial charge in [-0.2, -0.15) is 0 Å². The Balaban J connectivity index is 1.88. The highest BCUT2D eigenvalue weighted by atomic mass is 14.4. The Morgan fingerprint density at radius 1 is 1.00 bits per heavy atom. The first-order valence-corrected chi connectivity index (χ1v) is 5.69. The Morgan fingerprint density at radius 2 is 1.86 bits per heavy atom. The molecule has 1 saturated carbocycles. The summed E-state index contributed by atoms with van der Waals surface area (Å²) in [5.41, 5.74) is 3.04. The second-order valence-electron chi connectivity index (χ2n) is 4.62. The van der Waals surface area contributed by atoms with Gasteiger partial charge in [0.2, 0.25) is 0 Å². The smallest absolute Gasteiger partial charge is 0.0196 e. The van der Waals surface area contributed by atoms with Gasteiger partial charge in [-0.15, -0.1) is 0 Å². The van der Waals surface area contributed by atoms with E-state index in [1.165, 1.54) is 31.2 Å². The second kappa shape index (κ2) is 3.27. The van der Waals surface area contributed by atoms with E-state index in [0.29, 0.717) is 0 Å². The molecule has 14 heavy (non-hydrogen) atoms. The van der Waals surface area contributed by atoms with Crippen molar-refractivity contribution >= 4 is 5.57 Å². The third-order valence-electron chi connectivity index (χ3n) is 3.76. The quantitative estimate of drug-likeness (QED) is 0.621. The number of allylic oxidation sites excluding steroid dienone is 2. The summed E-state index contributed by atoms with van der Waals surface area (Å²) in [6, 6.07) is 10.9. The van der Waals surface area contributed by atoms with E-state index in [1.54, 1.807) is 5.57 Å². The van der Waals surface area contributed by atoms with Gasteiger partial charge in [-0.1, -0.05) is 42.8 Å². The lowest BCUT2D eigenvalue weighted by Gasteiger charge is -2.06. The number of fused-ring (bicyclic) bond motifs is 1. The van der Waals surface area contributed by atoms with Crippen LogP contribution in [0.2, 0.25) is 0 Å². The highest BCUT2D eigenvalue weighted by molar-refractivity contribution is 5.68. The zero-order valence-electron chi connectivity index (χ0n) is 8.45. The van der Waals surface area contributed by atoms with E-state index < -0.39 is 0 Å². The first kappa shape index (κ1) is 8.28. The highest BCUT2D eigenvalue weighted by Crippen LogP contribution is 2.45. The maximum Gasteiger partial charge on any atom is -0.0196 e. The first-order chi connectivity index (χ1) is 6.93. The molecule has 1 aromatic carbocycles. The second-order valence-corrected chi connectivity index (χ2v) is 4.62. The molecule has 2 atom stereocenters. The van der Waals surface area contributed by atoms with Crippen LogP contribution < -0.4 is 0 Å². The molecule has 0 aromatic heterocycles. The molecule has 0 radical (unpaired) electrons. The first-order valence-electron chi connectivity index (χ1n) is 5.69. The lowest BCUT2D eigenvalue weighted by molar-refractivity contribution is 0.498. The molecule has 0 saturated heterocycles. The lowest BCUT2D eigenvalue weighted by Crippen LogP contribution is -1.96. The van der Waals surface area contributed by atoms with Gasteiger partial charge in [0.1, 0.15) is 0 Å². The van der Waals surface area contributed by atoms with Crippen LogP contribution in [-0.4, -0.2) is 0 Å². The van der Waals surface area contributed by atoms with Crippen molar-refractivity contribution in [2.24, 2.45) is 11.8 Å². The van der Waals surface area contributed by atoms with Gasteiger partial charge in [-0.05, 0) is 42.2 Å². The van der Waals surface area contributed by atoms with Crippen molar-refractivity contribution in [1.82, 2.24) is 0 Å². The maximum atomic E-state index is 2.53. The minimum atomic E-state index is 0.908. The fraction of sp³-hybridized carbons (Fsp3) is 0.429. The molecular weight excluding hydrogens is 168 g/mol. The lowest BCUT2D eigenvalue weighted by atomic mass is 9.98. The van der Waals surface area contributed by atoms with Crippen LogP contribution in [0.4, 0.5) is 0 Å². The van der Waals surface area contributed by atoms with Gasteiger partial charge < -0.3 is 0 Å². The molecule has 72 valence electrons. The average Bonchev–Trinajstić information content (AvgIpc) is 2.78. The molecule has 0 bridgehead atoms.